The summed E-state index contributed by atoms with van der Waals surface area (Å²) >= 11 is 0. The molecule has 11 heavy (non-hydrogen) atoms. The van der Waals surface area contributed by atoms with E-state index in [0.29, 0.717) is 0 Å². The first-order valence-electron chi connectivity index (χ1n) is 4.14. The van der Waals surface area contributed by atoms with E-state index in [2.05, 4.69) is 13.5 Å². The van der Waals surface area contributed by atoms with Crippen molar-refractivity contribution in [3.05, 3.63) is 12.7 Å². The van der Waals surface area contributed by atoms with Crippen LogP contribution in [0.3, 0.4) is 0 Å². The van der Waals surface area contributed by atoms with E-state index >= 15 is 0 Å². The van der Waals surface area contributed by atoms with Crippen LogP contribution < -0.4 is 0 Å². The number of hydrogen-bond acceptors (Lipinski definition) is 1. The van der Waals surface area contributed by atoms with Gasteiger partial charge < -0.3 is 4.90 Å². The number of β-lactam (4-membered cyclic amide) rings is 1. The Morgan fingerprint density at radius 1 is 1.82 bits per heavy atom. The van der Waals surface area contributed by atoms with Crippen molar-refractivity contribution in [3.63, 3.8) is 0 Å². The van der Waals surface area contributed by atoms with Gasteiger partial charge in [-0.25, -0.2) is 0 Å². The zero-order valence-corrected chi connectivity index (χ0v) is 6.84. The van der Waals surface area contributed by atoms with Crippen LogP contribution >= 0.6 is 0 Å². The quantitative estimate of drug-likeness (QED) is 0.407. The number of rotatable bonds is 1. The number of carbonyl (C=O) groups excluding carboxylic acids is 1. The molecule has 0 bridgehead atoms. The van der Waals surface area contributed by atoms with Crippen LogP contribution in [0, 0.1) is 5.92 Å². The molecule has 2 heterocycles. The van der Waals surface area contributed by atoms with E-state index in [1.807, 2.05) is 4.90 Å². The molecule has 0 saturated carbocycles. The highest BCUT2D eigenvalue weighted by Crippen LogP contribution is 2.45. The van der Waals surface area contributed by atoms with Gasteiger partial charge in [0.1, 0.15) is 0 Å². The first-order chi connectivity index (χ1) is 5.20. The molecule has 2 aliphatic rings. The predicted octanol–water partition coefficient (Wildman–Crippen LogP) is 1.18. The van der Waals surface area contributed by atoms with Gasteiger partial charge in [-0.2, -0.15) is 0 Å². The Bertz CT molecular complexity index is 224. The van der Waals surface area contributed by atoms with Crippen LogP contribution in [0.15, 0.2) is 12.7 Å². The summed E-state index contributed by atoms with van der Waals surface area (Å²) < 4.78 is 0. The third kappa shape index (κ3) is 0.602. The highest BCUT2D eigenvalue weighted by molar-refractivity contribution is 5.89. The van der Waals surface area contributed by atoms with Crippen molar-refractivity contribution in [1.82, 2.24) is 4.90 Å². The summed E-state index contributed by atoms with van der Waals surface area (Å²) in [6.07, 6.45) is 4.10. The van der Waals surface area contributed by atoms with Crippen molar-refractivity contribution < 1.29 is 4.79 Å². The third-order valence-corrected chi connectivity index (χ3v) is 3.12. The number of amides is 1. The minimum absolute atomic E-state index is 0.102. The summed E-state index contributed by atoms with van der Waals surface area (Å²) in [7, 11) is 0. The van der Waals surface area contributed by atoms with Gasteiger partial charge in [-0.1, -0.05) is 6.08 Å². The van der Waals surface area contributed by atoms with E-state index in [9.17, 15) is 4.79 Å². The van der Waals surface area contributed by atoms with Gasteiger partial charge >= 0.3 is 0 Å². The van der Waals surface area contributed by atoms with Gasteiger partial charge in [-0.15, -0.1) is 6.58 Å². The number of carbonyl (C=O) groups is 1. The van der Waals surface area contributed by atoms with Crippen molar-refractivity contribution >= 4 is 5.91 Å². The molecule has 0 aromatic heterocycles. The highest BCUT2D eigenvalue weighted by Gasteiger charge is 2.57. The maximum absolute atomic E-state index is 11.3. The summed E-state index contributed by atoms with van der Waals surface area (Å²) in [6.45, 7) is 6.81. The third-order valence-electron chi connectivity index (χ3n) is 3.12. The van der Waals surface area contributed by atoms with Gasteiger partial charge in [0.15, 0.2) is 0 Å². The van der Waals surface area contributed by atoms with Crippen LogP contribution in [0.1, 0.15) is 19.8 Å². The largest absolute Gasteiger partial charge is 0.336 e. The van der Waals surface area contributed by atoms with Crippen molar-refractivity contribution in [3.8, 4) is 0 Å². The molecular formula is C9H13NO. The van der Waals surface area contributed by atoms with Crippen LogP contribution in [0.4, 0.5) is 0 Å². The summed E-state index contributed by atoms with van der Waals surface area (Å²) in [5.74, 6) is 0.380. The minimum atomic E-state index is 0.102. The van der Waals surface area contributed by atoms with Gasteiger partial charge in [0, 0.05) is 6.54 Å². The monoisotopic (exact) mass is 151 g/mol. The highest BCUT2D eigenvalue weighted by atomic mass is 16.2. The summed E-state index contributed by atoms with van der Waals surface area (Å²) in [5, 5.41) is 0. The van der Waals surface area contributed by atoms with Crippen LogP contribution in [-0.2, 0) is 4.79 Å². The molecule has 2 heteroatoms. The smallest absolute Gasteiger partial charge is 0.232 e. The summed E-state index contributed by atoms with van der Waals surface area (Å²) in [4.78, 5) is 13.3. The molecule has 0 aliphatic carbocycles. The van der Waals surface area contributed by atoms with E-state index in [1.54, 1.807) is 6.08 Å². The summed E-state index contributed by atoms with van der Waals surface area (Å²) in [6, 6.07) is 0. The molecule has 0 radical (unpaired) electrons. The van der Waals surface area contributed by atoms with Gasteiger partial charge in [-0.3, -0.25) is 4.79 Å². The molecule has 2 nitrogen and oxygen atoms in total. The lowest BCUT2D eigenvalue weighted by molar-refractivity contribution is -0.158. The van der Waals surface area contributed by atoms with Crippen molar-refractivity contribution in [2.45, 2.75) is 25.3 Å². The second-order valence-electron chi connectivity index (χ2n) is 3.66. The Morgan fingerprint density at radius 3 is 3.18 bits per heavy atom. The van der Waals surface area contributed by atoms with Gasteiger partial charge in [0.2, 0.25) is 5.91 Å². The number of fused-ring (bicyclic) bond motifs is 1. The lowest BCUT2D eigenvalue weighted by Crippen LogP contribution is -2.65. The fourth-order valence-electron chi connectivity index (χ4n) is 2.39. The zero-order valence-electron chi connectivity index (χ0n) is 6.84. The Morgan fingerprint density at radius 2 is 2.55 bits per heavy atom. The number of hydrogen-bond donors (Lipinski definition) is 0. The van der Waals surface area contributed by atoms with Crippen LogP contribution in [0.25, 0.3) is 0 Å². The maximum Gasteiger partial charge on any atom is 0.232 e. The second-order valence-corrected chi connectivity index (χ2v) is 3.66. The first kappa shape index (κ1) is 6.89. The molecule has 2 atom stereocenters. The Kier molecular flexibility index (Phi) is 1.17. The van der Waals surface area contributed by atoms with Crippen molar-refractivity contribution in [2.75, 3.05) is 6.54 Å². The van der Waals surface area contributed by atoms with E-state index in [-0.39, 0.29) is 17.4 Å². The van der Waals surface area contributed by atoms with Crippen molar-refractivity contribution in [2.24, 2.45) is 5.92 Å². The fourth-order valence-corrected chi connectivity index (χ4v) is 2.39. The summed E-state index contributed by atoms with van der Waals surface area (Å²) in [5.41, 5.74) is 0.138. The molecule has 2 rings (SSSR count). The minimum Gasteiger partial charge on any atom is -0.336 e. The van der Waals surface area contributed by atoms with Gasteiger partial charge in [-0.05, 0) is 19.8 Å². The molecule has 0 aromatic carbocycles. The lowest BCUT2D eigenvalue weighted by atomic mass is 9.75. The van der Waals surface area contributed by atoms with E-state index in [0.717, 1.165) is 19.4 Å². The van der Waals surface area contributed by atoms with Crippen molar-refractivity contribution in [1.29, 1.82) is 0 Å². The molecule has 2 fully saturated rings. The second kappa shape index (κ2) is 1.87. The lowest BCUT2D eigenvalue weighted by Gasteiger charge is -2.50. The predicted molar refractivity (Wildman–Crippen MR) is 43.0 cm³/mol. The molecular weight excluding hydrogens is 138 g/mol. The Hall–Kier alpha value is -0.790. The molecule has 0 unspecified atom stereocenters. The number of nitrogens with zero attached hydrogens (tertiary/aromatic N) is 1. The fraction of sp³-hybridized carbons (Fsp3) is 0.667. The molecule has 60 valence electrons. The molecule has 0 N–H and O–H groups in total. The average Bonchev–Trinajstić information content (AvgIpc) is 2.29. The maximum atomic E-state index is 11.3. The Labute approximate surface area is 66.9 Å². The SMILES string of the molecule is C=C[C@H]1C(=O)N2CCC[C@@]12C. The first-order valence-corrected chi connectivity index (χ1v) is 4.14. The molecule has 2 saturated heterocycles. The van der Waals surface area contributed by atoms with Crippen LogP contribution in [-0.4, -0.2) is 22.9 Å². The van der Waals surface area contributed by atoms with E-state index < -0.39 is 0 Å². The van der Waals surface area contributed by atoms with E-state index in [4.69, 9.17) is 0 Å². The van der Waals surface area contributed by atoms with Crippen LogP contribution in [0.2, 0.25) is 0 Å². The van der Waals surface area contributed by atoms with Crippen LogP contribution in [0.5, 0.6) is 0 Å². The van der Waals surface area contributed by atoms with Gasteiger partial charge in [0.05, 0.1) is 11.5 Å². The molecule has 2 aliphatic heterocycles. The average molecular weight is 151 g/mol. The zero-order chi connectivity index (χ0) is 8.06. The topological polar surface area (TPSA) is 20.3 Å². The Balaban J connectivity index is 2.27. The standard InChI is InChI=1S/C9H13NO/c1-3-7-8(11)10-6-4-5-9(7,10)2/h3,7H,1,4-6H2,2H3/t7-,9-/m0/s1. The molecule has 0 aromatic rings. The van der Waals surface area contributed by atoms with E-state index in [1.165, 1.54) is 0 Å². The molecule has 0 spiro atoms. The van der Waals surface area contributed by atoms with Gasteiger partial charge in [0.25, 0.3) is 0 Å². The normalized spacial score (nSPS) is 41.7. The molecule has 1 amide bonds.